The van der Waals surface area contributed by atoms with Gasteiger partial charge in [-0.25, -0.2) is 0 Å². The summed E-state index contributed by atoms with van der Waals surface area (Å²) in [5.74, 6) is 0.779. The molecule has 1 heterocycles. The summed E-state index contributed by atoms with van der Waals surface area (Å²) in [6, 6.07) is 1.97. The van der Waals surface area contributed by atoms with Crippen molar-refractivity contribution in [2.75, 3.05) is 0 Å². The fourth-order valence-corrected chi connectivity index (χ4v) is 1.29. The number of ketones is 1. The first kappa shape index (κ1) is 7.47. The lowest BCUT2D eigenvalue weighted by atomic mass is 10.1. The molecule has 0 aliphatic heterocycles. The van der Waals surface area contributed by atoms with Crippen molar-refractivity contribution in [2.45, 2.75) is 25.7 Å². The molecule has 0 radical (unpaired) electrons. The minimum absolute atomic E-state index is 0.102. The highest BCUT2D eigenvalue weighted by atomic mass is 16.1. The van der Waals surface area contributed by atoms with Crippen LogP contribution in [0.25, 0.3) is 0 Å². The number of Topliss-reactive ketones (excluding diaryl/α,β-unsaturated/α-hetero) is 1. The molecule has 2 nitrogen and oxygen atoms in total. The Morgan fingerprint density at radius 1 is 1.50 bits per heavy atom. The molecule has 1 fully saturated rings. The lowest BCUT2D eigenvalue weighted by Gasteiger charge is -1.98. The van der Waals surface area contributed by atoms with Gasteiger partial charge in [-0.05, 0) is 37.3 Å². The fraction of sp³-hybridized carbons (Fsp3) is 0.400. The van der Waals surface area contributed by atoms with Crippen molar-refractivity contribution >= 4 is 5.78 Å². The molecule has 1 aromatic heterocycles. The first-order valence-corrected chi connectivity index (χ1v) is 4.23. The van der Waals surface area contributed by atoms with E-state index in [1.54, 1.807) is 13.1 Å². The van der Waals surface area contributed by atoms with Gasteiger partial charge in [-0.1, -0.05) is 0 Å². The SMILES string of the molecule is CC(=O)c1cncc(C2CC2)c1. The minimum Gasteiger partial charge on any atom is -0.294 e. The zero-order valence-corrected chi connectivity index (χ0v) is 7.08. The zero-order chi connectivity index (χ0) is 8.55. The second kappa shape index (κ2) is 2.70. The van der Waals surface area contributed by atoms with Gasteiger partial charge in [0.25, 0.3) is 0 Å². The van der Waals surface area contributed by atoms with Crippen LogP contribution in [0.3, 0.4) is 0 Å². The summed E-state index contributed by atoms with van der Waals surface area (Å²) in [4.78, 5) is 15.0. The lowest BCUT2D eigenvalue weighted by molar-refractivity contribution is 0.101. The maximum Gasteiger partial charge on any atom is 0.161 e. The largest absolute Gasteiger partial charge is 0.294 e. The van der Waals surface area contributed by atoms with E-state index in [0.29, 0.717) is 5.92 Å². The summed E-state index contributed by atoms with van der Waals surface area (Å²) >= 11 is 0. The van der Waals surface area contributed by atoms with Crippen molar-refractivity contribution in [2.24, 2.45) is 0 Å². The summed E-state index contributed by atoms with van der Waals surface area (Å²) in [5, 5.41) is 0. The summed E-state index contributed by atoms with van der Waals surface area (Å²) in [6.45, 7) is 1.58. The van der Waals surface area contributed by atoms with Crippen molar-refractivity contribution in [3.05, 3.63) is 29.6 Å². The van der Waals surface area contributed by atoms with Crippen LogP contribution in [0.5, 0.6) is 0 Å². The number of pyridine rings is 1. The average Bonchev–Trinajstić information content (AvgIpc) is 2.87. The van der Waals surface area contributed by atoms with E-state index in [2.05, 4.69) is 4.98 Å². The molecule has 2 heteroatoms. The van der Waals surface area contributed by atoms with Crippen LogP contribution in [0.2, 0.25) is 0 Å². The minimum atomic E-state index is 0.102. The predicted octanol–water partition coefficient (Wildman–Crippen LogP) is 2.16. The second-order valence-electron chi connectivity index (χ2n) is 3.34. The Morgan fingerprint density at radius 3 is 2.83 bits per heavy atom. The molecule has 0 saturated heterocycles. The van der Waals surface area contributed by atoms with Gasteiger partial charge in [-0.3, -0.25) is 9.78 Å². The van der Waals surface area contributed by atoms with E-state index >= 15 is 0 Å². The van der Waals surface area contributed by atoms with Gasteiger partial charge in [0.1, 0.15) is 0 Å². The van der Waals surface area contributed by atoms with E-state index in [1.807, 2.05) is 12.3 Å². The molecule has 0 atom stereocenters. The molecule has 12 heavy (non-hydrogen) atoms. The maximum absolute atomic E-state index is 11.0. The smallest absolute Gasteiger partial charge is 0.161 e. The van der Waals surface area contributed by atoms with Crippen LogP contribution < -0.4 is 0 Å². The topological polar surface area (TPSA) is 30.0 Å². The molecule has 0 N–H and O–H groups in total. The Kier molecular flexibility index (Phi) is 1.68. The van der Waals surface area contributed by atoms with Gasteiger partial charge in [-0.2, -0.15) is 0 Å². The predicted molar refractivity (Wildman–Crippen MR) is 46.2 cm³/mol. The highest BCUT2D eigenvalue weighted by Gasteiger charge is 2.23. The van der Waals surface area contributed by atoms with E-state index in [4.69, 9.17) is 0 Å². The molecule has 1 aromatic rings. The number of rotatable bonds is 2. The van der Waals surface area contributed by atoms with Crippen LogP contribution in [0.4, 0.5) is 0 Å². The molecule has 0 amide bonds. The Balaban J connectivity index is 2.32. The lowest BCUT2D eigenvalue weighted by Crippen LogP contribution is -1.94. The van der Waals surface area contributed by atoms with Crippen molar-refractivity contribution in [3.8, 4) is 0 Å². The summed E-state index contributed by atoms with van der Waals surface area (Å²) in [5.41, 5.74) is 1.96. The Labute approximate surface area is 71.6 Å². The molecule has 1 aliphatic rings. The molecular weight excluding hydrogens is 150 g/mol. The van der Waals surface area contributed by atoms with Crippen LogP contribution in [-0.2, 0) is 0 Å². The fourth-order valence-electron chi connectivity index (χ4n) is 1.29. The van der Waals surface area contributed by atoms with Crippen LogP contribution in [-0.4, -0.2) is 10.8 Å². The van der Waals surface area contributed by atoms with Gasteiger partial charge >= 0.3 is 0 Å². The van der Waals surface area contributed by atoms with E-state index in [0.717, 1.165) is 5.56 Å². The van der Waals surface area contributed by atoms with Crippen molar-refractivity contribution in [3.63, 3.8) is 0 Å². The number of nitrogens with zero attached hydrogens (tertiary/aromatic N) is 1. The second-order valence-corrected chi connectivity index (χ2v) is 3.34. The van der Waals surface area contributed by atoms with Gasteiger partial charge in [-0.15, -0.1) is 0 Å². The molecule has 2 rings (SSSR count). The van der Waals surface area contributed by atoms with Gasteiger partial charge in [0.2, 0.25) is 0 Å². The molecule has 1 aliphatic carbocycles. The Hall–Kier alpha value is -1.18. The molecule has 0 spiro atoms. The number of hydrogen-bond acceptors (Lipinski definition) is 2. The van der Waals surface area contributed by atoms with Gasteiger partial charge in [0.05, 0.1) is 0 Å². The first-order chi connectivity index (χ1) is 5.77. The van der Waals surface area contributed by atoms with Crippen LogP contribution >= 0.6 is 0 Å². The summed E-state index contributed by atoms with van der Waals surface area (Å²) in [6.07, 6.45) is 6.00. The van der Waals surface area contributed by atoms with E-state index in [-0.39, 0.29) is 5.78 Å². The van der Waals surface area contributed by atoms with Gasteiger partial charge in [0, 0.05) is 18.0 Å². The molecule has 0 unspecified atom stereocenters. The van der Waals surface area contributed by atoms with Crippen LogP contribution in [0.15, 0.2) is 18.5 Å². The number of carbonyl (C=O) groups is 1. The number of hydrogen-bond donors (Lipinski definition) is 0. The summed E-state index contributed by atoms with van der Waals surface area (Å²) < 4.78 is 0. The third-order valence-electron chi connectivity index (χ3n) is 2.21. The molecule has 62 valence electrons. The molecule has 0 aromatic carbocycles. The number of aromatic nitrogens is 1. The van der Waals surface area contributed by atoms with Gasteiger partial charge in [0.15, 0.2) is 5.78 Å². The Bertz CT molecular complexity index is 315. The first-order valence-electron chi connectivity index (χ1n) is 4.23. The number of carbonyl (C=O) groups excluding carboxylic acids is 1. The Morgan fingerprint density at radius 2 is 2.25 bits per heavy atom. The summed E-state index contributed by atoms with van der Waals surface area (Å²) in [7, 11) is 0. The average molecular weight is 161 g/mol. The molecular formula is C10H11NO. The van der Waals surface area contributed by atoms with Gasteiger partial charge < -0.3 is 0 Å². The van der Waals surface area contributed by atoms with E-state index < -0.39 is 0 Å². The highest BCUT2D eigenvalue weighted by molar-refractivity contribution is 5.93. The monoisotopic (exact) mass is 161 g/mol. The zero-order valence-electron chi connectivity index (χ0n) is 7.08. The third-order valence-corrected chi connectivity index (χ3v) is 2.21. The highest BCUT2D eigenvalue weighted by Crippen LogP contribution is 2.39. The quantitative estimate of drug-likeness (QED) is 0.622. The van der Waals surface area contributed by atoms with E-state index in [1.165, 1.54) is 18.4 Å². The van der Waals surface area contributed by atoms with Crippen molar-refractivity contribution in [1.82, 2.24) is 4.98 Å². The maximum atomic E-state index is 11.0. The standard InChI is InChI=1S/C10H11NO/c1-7(12)9-4-10(6-11-5-9)8-2-3-8/h4-6,8H,2-3H2,1H3. The van der Waals surface area contributed by atoms with Crippen LogP contribution in [0, 0.1) is 0 Å². The van der Waals surface area contributed by atoms with Crippen LogP contribution in [0.1, 0.15) is 41.6 Å². The molecule has 0 bridgehead atoms. The molecule has 1 saturated carbocycles. The van der Waals surface area contributed by atoms with E-state index in [9.17, 15) is 4.79 Å². The normalized spacial score (nSPS) is 16.1. The van der Waals surface area contributed by atoms with Crippen molar-refractivity contribution in [1.29, 1.82) is 0 Å². The van der Waals surface area contributed by atoms with Crippen molar-refractivity contribution < 1.29 is 4.79 Å². The third kappa shape index (κ3) is 1.37.